The van der Waals surface area contributed by atoms with E-state index in [9.17, 15) is 5.11 Å². The van der Waals surface area contributed by atoms with Crippen molar-refractivity contribution in [3.63, 3.8) is 0 Å². The van der Waals surface area contributed by atoms with E-state index in [2.05, 4.69) is 31.0 Å². The highest BCUT2D eigenvalue weighted by Gasteiger charge is 2.49. The highest BCUT2D eigenvalue weighted by atomic mass is 79.9. The molecule has 0 bridgehead atoms. The molecule has 9 nitrogen and oxygen atoms in total. The number of aromatic nitrogens is 4. The van der Waals surface area contributed by atoms with Gasteiger partial charge in [-0.15, -0.1) is 11.3 Å². The molecule has 2 aliphatic rings. The summed E-state index contributed by atoms with van der Waals surface area (Å²) in [5.41, 5.74) is 9.10. The molecule has 0 amide bonds. The average molecular weight is 558 g/mol. The number of aliphatic hydroxyl groups is 1. The summed E-state index contributed by atoms with van der Waals surface area (Å²) in [7, 11) is 0. The van der Waals surface area contributed by atoms with Crippen LogP contribution in [0.2, 0.25) is 0 Å². The standard InChI is InChI=1S/C24H24BrN5O4S/c1-11-27-23(30(29-11)14-8-15(25)19-17(9-14)35-12(2)28-19)22-20(31)18(26)21-16(33-22)10-32-24(34-21)13-6-4-3-5-7-13/h3-9,16,18,20-22,24,31H,10,26H2,1-2H3. The van der Waals surface area contributed by atoms with Gasteiger partial charge in [-0.25, -0.2) is 14.6 Å². The first-order valence-corrected chi connectivity index (χ1v) is 12.9. The lowest BCUT2D eigenvalue weighted by Crippen LogP contribution is -2.62. The van der Waals surface area contributed by atoms with Crippen LogP contribution in [0.4, 0.5) is 0 Å². The number of aryl methyl sites for hydroxylation is 2. The van der Waals surface area contributed by atoms with E-state index >= 15 is 0 Å². The van der Waals surface area contributed by atoms with Crippen LogP contribution in [0.15, 0.2) is 46.9 Å². The molecule has 3 N–H and O–H groups in total. The number of nitrogens with zero attached hydrogens (tertiary/aromatic N) is 4. The second kappa shape index (κ2) is 9.00. The van der Waals surface area contributed by atoms with E-state index in [-0.39, 0.29) is 6.61 Å². The Balaban J connectivity index is 1.31. The van der Waals surface area contributed by atoms with Crippen molar-refractivity contribution >= 4 is 37.5 Å². The topological polar surface area (TPSA) is 118 Å². The van der Waals surface area contributed by atoms with Crippen molar-refractivity contribution in [2.45, 2.75) is 50.6 Å². The number of fused-ring (bicyclic) bond motifs is 2. The first-order valence-electron chi connectivity index (χ1n) is 11.3. The average Bonchev–Trinajstić information content (AvgIpc) is 3.43. The van der Waals surface area contributed by atoms with Crippen LogP contribution in [-0.2, 0) is 14.2 Å². The molecule has 0 radical (unpaired) electrons. The molecule has 4 aromatic rings. The zero-order chi connectivity index (χ0) is 24.3. The minimum Gasteiger partial charge on any atom is -0.388 e. The van der Waals surface area contributed by atoms with E-state index in [1.54, 1.807) is 22.9 Å². The minimum absolute atomic E-state index is 0.284. The minimum atomic E-state index is -1.05. The van der Waals surface area contributed by atoms with Gasteiger partial charge < -0.3 is 25.1 Å². The Morgan fingerprint density at radius 2 is 1.94 bits per heavy atom. The van der Waals surface area contributed by atoms with Gasteiger partial charge in [0.15, 0.2) is 12.1 Å². The van der Waals surface area contributed by atoms with Crippen LogP contribution >= 0.6 is 27.3 Å². The van der Waals surface area contributed by atoms with Crippen molar-refractivity contribution in [2.75, 3.05) is 6.61 Å². The maximum atomic E-state index is 11.2. The fourth-order valence-electron chi connectivity index (χ4n) is 4.68. The van der Waals surface area contributed by atoms with Gasteiger partial charge in [-0.2, -0.15) is 5.10 Å². The van der Waals surface area contributed by atoms with Gasteiger partial charge in [0, 0.05) is 10.0 Å². The number of benzene rings is 2. The van der Waals surface area contributed by atoms with Crippen LogP contribution in [0, 0.1) is 13.8 Å². The van der Waals surface area contributed by atoms with Crippen molar-refractivity contribution in [3.05, 3.63) is 69.2 Å². The first kappa shape index (κ1) is 23.2. The number of hydrogen-bond donors (Lipinski definition) is 2. The van der Waals surface area contributed by atoms with Crippen LogP contribution in [-0.4, -0.2) is 55.8 Å². The molecule has 11 heteroatoms. The normalized spacial score (nSPS) is 28.8. The van der Waals surface area contributed by atoms with E-state index in [0.29, 0.717) is 11.6 Å². The van der Waals surface area contributed by atoms with Gasteiger partial charge in [0.1, 0.15) is 30.2 Å². The summed E-state index contributed by atoms with van der Waals surface area (Å²) in [6.45, 7) is 4.06. The molecule has 2 aliphatic heterocycles. The monoisotopic (exact) mass is 557 g/mol. The Labute approximate surface area is 214 Å². The highest BCUT2D eigenvalue weighted by Crippen LogP contribution is 2.39. The van der Waals surface area contributed by atoms with Crippen LogP contribution in [0.5, 0.6) is 0 Å². The quantitative estimate of drug-likeness (QED) is 0.393. The van der Waals surface area contributed by atoms with E-state index < -0.39 is 36.7 Å². The smallest absolute Gasteiger partial charge is 0.184 e. The predicted molar refractivity (Wildman–Crippen MR) is 133 cm³/mol. The fraction of sp³-hybridized carbons (Fsp3) is 0.375. The molecule has 2 fully saturated rings. The summed E-state index contributed by atoms with van der Waals surface area (Å²) in [6.07, 6.45) is -3.39. The third-order valence-electron chi connectivity index (χ3n) is 6.31. The predicted octanol–water partition coefficient (Wildman–Crippen LogP) is 3.50. The molecule has 2 aromatic heterocycles. The number of rotatable bonds is 3. The summed E-state index contributed by atoms with van der Waals surface area (Å²) in [4.78, 5) is 9.19. The summed E-state index contributed by atoms with van der Waals surface area (Å²) in [6, 6.07) is 12.9. The van der Waals surface area contributed by atoms with Gasteiger partial charge in [0.25, 0.3) is 0 Å². The largest absolute Gasteiger partial charge is 0.388 e. The molecule has 6 unspecified atom stereocenters. The van der Waals surface area contributed by atoms with Gasteiger partial charge in [-0.3, -0.25) is 0 Å². The lowest BCUT2D eigenvalue weighted by Gasteiger charge is -2.46. The molecule has 2 saturated heterocycles. The van der Waals surface area contributed by atoms with Crippen molar-refractivity contribution in [1.82, 2.24) is 19.7 Å². The first-order chi connectivity index (χ1) is 16.9. The van der Waals surface area contributed by atoms with Gasteiger partial charge >= 0.3 is 0 Å². The van der Waals surface area contributed by atoms with Crippen LogP contribution < -0.4 is 5.73 Å². The van der Waals surface area contributed by atoms with Crippen LogP contribution in [0.3, 0.4) is 0 Å². The van der Waals surface area contributed by atoms with Crippen molar-refractivity contribution in [3.8, 4) is 5.69 Å². The van der Waals surface area contributed by atoms with Crippen molar-refractivity contribution in [1.29, 1.82) is 0 Å². The van der Waals surface area contributed by atoms with E-state index in [1.807, 2.05) is 49.4 Å². The van der Waals surface area contributed by atoms with Gasteiger partial charge in [-0.05, 0) is 41.9 Å². The summed E-state index contributed by atoms with van der Waals surface area (Å²) < 4.78 is 22.0. The van der Waals surface area contributed by atoms with Gasteiger partial charge in [0.2, 0.25) is 0 Å². The number of halogens is 1. The lowest BCUT2D eigenvalue weighted by molar-refractivity contribution is -0.309. The molecular formula is C24H24BrN5O4S. The number of ether oxygens (including phenoxy) is 3. The third kappa shape index (κ3) is 4.10. The van der Waals surface area contributed by atoms with E-state index in [1.165, 1.54) is 0 Å². The molecule has 2 aromatic carbocycles. The zero-order valence-electron chi connectivity index (χ0n) is 19.0. The summed E-state index contributed by atoms with van der Waals surface area (Å²) >= 11 is 5.23. The number of nitrogens with two attached hydrogens (primary N) is 1. The molecule has 0 aliphatic carbocycles. The maximum Gasteiger partial charge on any atom is 0.184 e. The Bertz CT molecular complexity index is 1380. The van der Waals surface area contributed by atoms with E-state index in [0.717, 1.165) is 30.9 Å². The fourth-order valence-corrected chi connectivity index (χ4v) is 6.23. The molecule has 6 atom stereocenters. The molecule has 0 spiro atoms. The SMILES string of the molecule is Cc1nc(C2OC3COC(c4ccccc4)OC3C(N)C2O)n(-c2cc(Br)c3nc(C)sc3c2)n1. The highest BCUT2D eigenvalue weighted by molar-refractivity contribution is 9.10. The Kier molecular flexibility index (Phi) is 5.96. The van der Waals surface area contributed by atoms with Crippen molar-refractivity contribution in [2.24, 2.45) is 5.73 Å². The Morgan fingerprint density at radius 3 is 2.74 bits per heavy atom. The second-order valence-electron chi connectivity index (χ2n) is 8.78. The van der Waals surface area contributed by atoms with Gasteiger partial charge in [-0.1, -0.05) is 30.3 Å². The Hall–Kier alpha value is -2.25. The number of aliphatic hydroxyl groups excluding tert-OH is 1. The van der Waals surface area contributed by atoms with Crippen LogP contribution in [0.1, 0.15) is 34.6 Å². The van der Waals surface area contributed by atoms with Crippen LogP contribution in [0.25, 0.3) is 15.9 Å². The molecular weight excluding hydrogens is 534 g/mol. The molecule has 0 saturated carbocycles. The zero-order valence-corrected chi connectivity index (χ0v) is 21.4. The molecule has 182 valence electrons. The summed E-state index contributed by atoms with van der Waals surface area (Å²) in [5, 5.41) is 16.8. The Morgan fingerprint density at radius 1 is 1.14 bits per heavy atom. The van der Waals surface area contributed by atoms with Crippen molar-refractivity contribution < 1.29 is 19.3 Å². The molecule has 4 heterocycles. The number of hydrogen-bond acceptors (Lipinski definition) is 9. The summed E-state index contributed by atoms with van der Waals surface area (Å²) in [5.74, 6) is 1.03. The maximum absolute atomic E-state index is 11.2. The number of thiazole rings is 1. The third-order valence-corrected chi connectivity index (χ3v) is 7.84. The second-order valence-corrected chi connectivity index (χ2v) is 10.9. The molecule has 35 heavy (non-hydrogen) atoms. The molecule has 6 rings (SSSR count). The lowest BCUT2D eigenvalue weighted by atomic mass is 9.92. The van der Waals surface area contributed by atoms with E-state index in [4.69, 9.17) is 19.9 Å². The van der Waals surface area contributed by atoms with Gasteiger partial charge in [0.05, 0.1) is 33.6 Å².